The van der Waals surface area contributed by atoms with Crippen molar-refractivity contribution in [2.75, 3.05) is 0 Å². The van der Waals surface area contributed by atoms with Crippen LogP contribution < -0.4 is 0 Å². The number of hydrogen-bond donors (Lipinski definition) is 0. The molecule has 0 aromatic rings. The fraction of sp³-hybridized carbons (Fsp3) is 0.929. The van der Waals surface area contributed by atoms with Gasteiger partial charge in [0.1, 0.15) is 11.7 Å². The molecule has 1 saturated heterocycles. The van der Waals surface area contributed by atoms with Crippen molar-refractivity contribution < 1.29 is 19.3 Å². The minimum absolute atomic E-state index is 0.169. The Kier molecular flexibility index (Phi) is 5.17. The van der Waals surface area contributed by atoms with Crippen LogP contribution in [0.2, 0.25) is 0 Å². The molecule has 4 heteroatoms. The summed E-state index contributed by atoms with van der Waals surface area (Å²) >= 11 is 0. The Hall–Kier alpha value is -0.610. The van der Waals surface area contributed by atoms with Gasteiger partial charge in [-0.1, -0.05) is 33.6 Å². The van der Waals surface area contributed by atoms with Gasteiger partial charge in [0, 0.05) is 0 Å². The molecule has 0 saturated carbocycles. The highest BCUT2D eigenvalue weighted by Gasteiger charge is 2.58. The number of esters is 1. The van der Waals surface area contributed by atoms with Crippen molar-refractivity contribution in [1.82, 2.24) is 0 Å². The van der Waals surface area contributed by atoms with Crippen LogP contribution in [0.25, 0.3) is 0 Å². The van der Waals surface area contributed by atoms with Crippen molar-refractivity contribution >= 4 is 5.97 Å². The van der Waals surface area contributed by atoms with Gasteiger partial charge in [0.15, 0.2) is 0 Å². The SMILES string of the molecule is CCCC1OOC1(CC)C(=O)OC(C)(C)CCC. The van der Waals surface area contributed by atoms with Crippen LogP contribution >= 0.6 is 0 Å². The summed E-state index contributed by atoms with van der Waals surface area (Å²) in [5.41, 5.74) is -1.33. The molecule has 1 rings (SSSR count). The van der Waals surface area contributed by atoms with Gasteiger partial charge in [0.05, 0.1) is 0 Å². The maximum atomic E-state index is 12.3. The van der Waals surface area contributed by atoms with Gasteiger partial charge >= 0.3 is 5.97 Å². The highest BCUT2D eigenvalue weighted by Crippen LogP contribution is 2.38. The highest BCUT2D eigenvalue weighted by atomic mass is 17.3. The molecule has 0 aliphatic carbocycles. The molecule has 0 N–H and O–H groups in total. The van der Waals surface area contributed by atoms with E-state index in [9.17, 15) is 4.79 Å². The highest BCUT2D eigenvalue weighted by molar-refractivity contribution is 5.81. The average molecular weight is 258 g/mol. The minimum atomic E-state index is -0.888. The van der Waals surface area contributed by atoms with Crippen LogP contribution in [-0.2, 0) is 19.3 Å². The van der Waals surface area contributed by atoms with Gasteiger partial charge in [0.2, 0.25) is 5.60 Å². The lowest BCUT2D eigenvalue weighted by atomic mass is 9.88. The Morgan fingerprint density at radius 1 is 1.28 bits per heavy atom. The molecule has 1 heterocycles. The average Bonchev–Trinajstić information content (AvgIpc) is 2.24. The maximum absolute atomic E-state index is 12.3. The van der Waals surface area contributed by atoms with Gasteiger partial charge in [-0.25, -0.2) is 14.6 Å². The lowest BCUT2D eigenvalue weighted by Crippen LogP contribution is -2.62. The molecular formula is C14H26O4. The maximum Gasteiger partial charge on any atom is 0.345 e. The molecule has 4 nitrogen and oxygen atoms in total. The second-order valence-electron chi connectivity index (χ2n) is 5.60. The molecule has 18 heavy (non-hydrogen) atoms. The number of ether oxygens (including phenoxy) is 1. The van der Waals surface area contributed by atoms with Crippen LogP contribution in [-0.4, -0.2) is 23.3 Å². The molecule has 0 bridgehead atoms. The van der Waals surface area contributed by atoms with Gasteiger partial charge < -0.3 is 4.74 Å². The molecule has 0 spiro atoms. The van der Waals surface area contributed by atoms with E-state index in [0.717, 1.165) is 25.7 Å². The predicted octanol–water partition coefficient (Wildman–Crippen LogP) is 3.39. The zero-order chi connectivity index (χ0) is 13.8. The first-order chi connectivity index (χ1) is 8.41. The first kappa shape index (κ1) is 15.4. The van der Waals surface area contributed by atoms with Crippen molar-refractivity contribution in [3.05, 3.63) is 0 Å². The van der Waals surface area contributed by atoms with Crippen molar-refractivity contribution in [3.8, 4) is 0 Å². The Morgan fingerprint density at radius 2 is 1.94 bits per heavy atom. The van der Waals surface area contributed by atoms with E-state index in [1.54, 1.807) is 0 Å². The van der Waals surface area contributed by atoms with E-state index in [4.69, 9.17) is 14.5 Å². The Labute approximate surface area is 110 Å². The smallest absolute Gasteiger partial charge is 0.345 e. The van der Waals surface area contributed by atoms with Gasteiger partial charge in [-0.2, -0.15) is 0 Å². The van der Waals surface area contributed by atoms with Crippen molar-refractivity contribution in [2.45, 2.75) is 84.0 Å². The van der Waals surface area contributed by atoms with E-state index in [2.05, 4.69) is 13.8 Å². The van der Waals surface area contributed by atoms with E-state index in [-0.39, 0.29) is 12.1 Å². The monoisotopic (exact) mass is 258 g/mol. The fourth-order valence-electron chi connectivity index (χ4n) is 2.36. The zero-order valence-electron chi connectivity index (χ0n) is 12.2. The molecule has 1 fully saturated rings. The second-order valence-corrected chi connectivity index (χ2v) is 5.60. The van der Waals surface area contributed by atoms with E-state index >= 15 is 0 Å². The van der Waals surface area contributed by atoms with Gasteiger partial charge in [-0.15, -0.1) is 0 Å². The van der Waals surface area contributed by atoms with E-state index in [1.807, 2.05) is 20.8 Å². The van der Waals surface area contributed by atoms with Crippen LogP contribution in [0.1, 0.15) is 66.7 Å². The summed E-state index contributed by atoms with van der Waals surface area (Å²) < 4.78 is 5.61. The summed E-state index contributed by atoms with van der Waals surface area (Å²) in [6, 6.07) is 0. The number of carbonyl (C=O) groups is 1. The van der Waals surface area contributed by atoms with Crippen LogP contribution in [0.3, 0.4) is 0 Å². The molecule has 1 aliphatic rings. The minimum Gasteiger partial charge on any atom is -0.457 e. The molecule has 106 valence electrons. The molecule has 0 radical (unpaired) electrons. The molecule has 1 aliphatic heterocycles. The Balaban J connectivity index is 2.68. The summed E-state index contributed by atoms with van der Waals surface area (Å²) in [5, 5.41) is 0. The van der Waals surface area contributed by atoms with Crippen molar-refractivity contribution in [1.29, 1.82) is 0 Å². The van der Waals surface area contributed by atoms with Crippen LogP contribution in [0.5, 0.6) is 0 Å². The lowest BCUT2D eigenvalue weighted by Gasteiger charge is -2.45. The number of hydrogen-bond acceptors (Lipinski definition) is 4. The van der Waals surface area contributed by atoms with Crippen molar-refractivity contribution in [2.24, 2.45) is 0 Å². The molecule has 0 aromatic carbocycles. The summed E-state index contributed by atoms with van der Waals surface area (Å²) in [5.74, 6) is -0.284. The fourth-order valence-corrected chi connectivity index (χ4v) is 2.36. The first-order valence-electron chi connectivity index (χ1n) is 6.99. The third-order valence-corrected chi connectivity index (χ3v) is 3.48. The van der Waals surface area contributed by atoms with Crippen LogP contribution in [0, 0.1) is 0 Å². The summed E-state index contributed by atoms with van der Waals surface area (Å²) in [6.45, 7) is 9.94. The Bertz CT molecular complexity index is 284. The van der Waals surface area contributed by atoms with Gasteiger partial charge in [-0.05, 0) is 33.1 Å². The lowest BCUT2D eigenvalue weighted by molar-refractivity contribution is -0.499. The normalized spacial score (nSPS) is 27.7. The van der Waals surface area contributed by atoms with E-state index in [0.29, 0.717) is 6.42 Å². The first-order valence-corrected chi connectivity index (χ1v) is 6.99. The van der Waals surface area contributed by atoms with E-state index < -0.39 is 11.2 Å². The third kappa shape index (κ3) is 3.04. The molecule has 0 aromatic heterocycles. The van der Waals surface area contributed by atoms with Gasteiger partial charge in [-0.3, -0.25) is 0 Å². The van der Waals surface area contributed by atoms with E-state index in [1.165, 1.54) is 0 Å². The molecule has 2 atom stereocenters. The summed E-state index contributed by atoms with van der Waals surface area (Å²) in [4.78, 5) is 22.5. The number of carbonyl (C=O) groups excluding carboxylic acids is 1. The third-order valence-electron chi connectivity index (χ3n) is 3.48. The summed E-state index contributed by atoms with van der Waals surface area (Å²) in [6.07, 6.45) is 4.02. The predicted molar refractivity (Wildman–Crippen MR) is 69.0 cm³/mol. The van der Waals surface area contributed by atoms with Crippen LogP contribution in [0.15, 0.2) is 0 Å². The van der Waals surface area contributed by atoms with Gasteiger partial charge in [0.25, 0.3) is 0 Å². The van der Waals surface area contributed by atoms with Crippen molar-refractivity contribution in [3.63, 3.8) is 0 Å². The summed E-state index contributed by atoms with van der Waals surface area (Å²) in [7, 11) is 0. The number of rotatable bonds is 7. The zero-order valence-corrected chi connectivity index (χ0v) is 12.2. The van der Waals surface area contributed by atoms with Crippen LogP contribution in [0.4, 0.5) is 0 Å². The quantitative estimate of drug-likeness (QED) is 0.518. The molecule has 2 unspecified atom stereocenters. The standard InChI is InChI=1S/C14H26O4/c1-6-9-11-14(8-3,18-17-11)12(15)16-13(4,5)10-7-2/h11H,6-10H2,1-5H3. The molecular weight excluding hydrogens is 232 g/mol. The molecule has 0 amide bonds. The largest absolute Gasteiger partial charge is 0.457 e. The second kappa shape index (κ2) is 6.02. The Morgan fingerprint density at radius 3 is 2.33 bits per heavy atom. The topological polar surface area (TPSA) is 44.8 Å².